The van der Waals surface area contributed by atoms with Crippen LogP contribution in [0.4, 0.5) is 35.1 Å². The summed E-state index contributed by atoms with van der Waals surface area (Å²) in [6.07, 6.45) is 1.14. The maximum absolute atomic E-state index is 13.7. The highest BCUT2D eigenvalue weighted by Gasteiger charge is 2.16. The molecule has 0 unspecified atom stereocenters. The molecular weight excluding hydrogens is 444 g/mol. The lowest BCUT2D eigenvalue weighted by molar-refractivity contribution is 0.0835. The zero-order valence-corrected chi connectivity index (χ0v) is 16.6. The number of carbonyl (C=O) groups is 1. The molecule has 0 atom stereocenters. The Morgan fingerprint density at radius 1 is 0.781 bits per heavy atom. The highest BCUT2D eigenvalue weighted by atomic mass is 19.2. The molecule has 1 nitrogen and oxygen atoms in total. The normalized spacial score (nSPS) is 10.5. The van der Waals surface area contributed by atoms with Gasteiger partial charge in [-0.2, -0.15) is 4.39 Å². The van der Waals surface area contributed by atoms with Gasteiger partial charge in [-0.25, -0.2) is 30.7 Å². The van der Waals surface area contributed by atoms with E-state index in [1.165, 1.54) is 6.07 Å². The Morgan fingerprint density at radius 3 is 1.91 bits per heavy atom. The molecule has 0 radical (unpaired) electrons. The molecule has 0 aliphatic heterocycles. The van der Waals surface area contributed by atoms with Crippen molar-refractivity contribution in [1.82, 2.24) is 0 Å². The van der Waals surface area contributed by atoms with Crippen molar-refractivity contribution in [2.45, 2.75) is 26.4 Å². The lowest BCUT2D eigenvalue weighted by Crippen LogP contribution is -1.97. The van der Waals surface area contributed by atoms with Crippen LogP contribution in [0.15, 0.2) is 42.5 Å². The van der Waals surface area contributed by atoms with E-state index in [4.69, 9.17) is 0 Å². The van der Waals surface area contributed by atoms with Crippen molar-refractivity contribution in [1.29, 1.82) is 0 Å². The zero-order valence-electron chi connectivity index (χ0n) is 16.6. The van der Waals surface area contributed by atoms with Crippen LogP contribution >= 0.6 is 0 Å². The van der Waals surface area contributed by atoms with E-state index < -0.39 is 58.7 Å². The molecule has 0 saturated heterocycles. The van der Waals surface area contributed by atoms with E-state index in [9.17, 15) is 39.9 Å². The van der Waals surface area contributed by atoms with Gasteiger partial charge in [0, 0.05) is 5.56 Å². The molecule has 0 N–H and O–H groups in total. The van der Waals surface area contributed by atoms with Crippen molar-refractivity contribution in [3.8, 4) is 11.1 Å². The third-order valence-corrected chi connectivity index (χ3v) is 4.42. The van der Waals surface area contributed by atoms with Crippen molar-refractivity contribution in [3.63, 3.8) is 0 Å². The van der Waals surface area contributed by atoms with Crippen molar-refractivity contribution in [3.05, 3.63) is 94.1 Å². The second-order valence-corrected chi connectivity index (χ2v) is 6.60. The van der Waals surface area contributed by atoms with Gasteiger partial charge in [-0.15, -0.1) is 0 Å². The Morgan fingerprint density at radius 2 is 1.41 bits per heavy atom. The summed E-state index contributed by atoms with van der Waals surface area (Å²) in [5, 5.41) is 0. The van der Waals surface area contributed by atoms with Gasteiger partial charge in [0.1, 0.15) is 24.1 Å². The number of alkyl halides is 1. The van der Waals surface area contributed by atoms with Gasteiger partial charge in [0.05, 0.1) is 11.1 Å². The molecule has 0 aliphatic rings. The number of aryl methyl sites for hydroxylation is 1. The van der Waals surface area contributed by atoms with E-state index in [-0.39, 0.29) is 16.7 Å². The van der Waals surface area contributed by atoms with Crippen LogP contribution in [-0.4, -0.2) is 6.04 Å². The van der Waals surface area contributed by atoms with E-state index in [0.29, 0.717) is 18.9 Å². The first-order chi connectivity index (χ1) is 15.1. The molecule has 9 heteroatoms. The third-order valence-electron chi connectivity index (χ3n) is 4.42. The van der Waals surface area contributed by atoms with Gasteiger partial charge in [-0.1, -0.05) is 25.5 Å². The smallest absolute Gasteiger partial charge is 0.255 e. The van der Waals surface area contributed by atoms with Crippen LogP contribution in [0.5, 0.6) is 0 Å². The summed E-state index contributed by atoms with van der Waals surface area (Å²) in [6.45, 7) is 0.524. The highest BCUT2D eigenvalue weighted by molar-refractivity contribution is 5.89. The van der Waals surface area contributed by atoms with Crippen molar-refractivity contribution in [2.75, 3.05) is 0 Å². The van der Waals surface area contributed by atoms with Crippen LogP contribution in [0.3, 0.4) is 0 Å². The van der Waals surface area contributed by atoms with E-state index >= 15 is 0 Å². The summed E-state index contributed by atoms with van der Waals surface area (Å²) in [7, 11) is 0. The predicted molar refractivity (Wildman–Crippen MR) is 102 cm³/mol. The van der Waals surface area contributed by atoms with E-state index in [2.05, 4.69) is 0 Å². The maximum Gasteiger partial charge on any atom is 0.332 e. The molecule has 0 fully saturated rings. The van der Waals surface area contributed by atoms with Crippen LogP contribution in [0, 0.1) is 34.9 Å². The molecule has 0 bridgehead atoms. The fourth-order valence-corrected chi connectivity index (χ4v) is 2.79. The molecule has 0 aliphatic carbocycles. The molecule has 0 saturated carbocycles. The molecule has 0 amide bonds. The average Bonchev–Trinajstić information content (AvgIpc) is 2.74. The molecule has 0 spiro atoms. The van der Waals surface area contributed by atoms with E-state index in [1.54, 1.807) is 0 Å². The Hall–Kier alpha value is -3.23. The summed E-state index contributed by atoms with van der Waals surface area (Å²) in [6, 6.07) is 4.57. The third kappa shape index (κ3) is 5.72. The topological polar surface area (TPSA) is 17.1 Å². The number of hydrogen-bond donors (Lipinski definition) is 0. The largest absolute Gasteiger partial charge is 0.332 e. The van der Waals surface area contributed by atoms with Gasteiger partial charge in [0.25, 0.3) is 0 Å². The van der Waals surface area contributed by atoms with Gasteiger partial charge in [0.2, 0.25) is 0 Å². The summed E-state index contributed by atoms with van der Waals surface area (Å²) in [5.74, 6) is -6.87. The maximum atomic E-state index is 13.7. The van der Waals surface area contributed by atoms with Gasteiger partial charge in [0.15, 0.2) is 17.5 Å². The number of rotatable bonds is 5. The Labute approximate surface area is 178 Å². The first-order valence-electron chi connectivity index (χ1n) is 9.26. The van der Waals surface area contributed by atoms with Crippen LogP contribution in [0.25, 0.3) is 11.1 Å². The van der Waals surface area contributed by atoms with E-state index in [1.807, 2.05) is 6.92 Å². The molecule has 3 aromatic carbocycles. The minimum absolute atomic E-state index is 0.174. The Balaban J connectivity index is 0.000000258. The molecule has 0 aromatic heterocycles. The SMILES string of the molecule is CCCc1ccc(F)c(F)c1F.O=C(F)c1ccc(-c2cc(F)c(CF)c(F)c2)c(F)c1. The Bertz CT molecular complexity index is 1100. The standard InChI is InChI=1S/C14H7F5O.C9H9F3/c15-6-10-12(17)4-8(5-13(10)18)9-2-1-7(14(19)20)3-11(9)16;1-2-3-6-4-5-7(10)9(12)8(6)11/h1-5H,6H2;4-5H,2-3H2,1H3. The average molecular weight is 460 g/mol. The molecule has 32 heavy (non-hydrogen) atoms. The van der Waals surface area contributed by atoms with Gasteiger partial charge in [-0.3, -0.25) is 4.79 Å². The molecule has 3 rings (SSSR count). The second-order valence-electron chi connectivity index (χ2n) is 6.60. The number of benzene rings is 3. The number of hydrogen-bond acceptors (Lipinski definition) is 1. The van der Waals surface area contributed by atoms with Gasteiger partial charge in [-0.05, 0) is 47.9 Å². The molecule has 3 aromatic rings. The first kappa shape index (κ1) is 25.0. The fourth-order valence-electron chi connectivity index (χ4n) is 2.79. The zero-order chi connectivity index (χ0) is 24.0. The lowest BCUT2D eigenvalue weighted by Gasteiger charge is -2.07. The minimum Gasteiger partial charge on any atom is -0.255 e. The van der Waals surface area contributed by atoms with Crippen molar-refractivity contribution < 1.29 is 39.9 Å². The van der Waals surface area contributed by atoms with E-state index in [0.717, 1.165) is 30.3 Å². The van der Waals surface area contributed by atoms with Gasteiger partial charge >= 0.3 is 6.04 Å². The molecule has 170 valence electrons. The number of carbonyl (C=O) groups excluding carboxylic acids is 1. The quantitative estimate of drug-likeness (QED) is 0.220. The summed E-state index contributed by atoms with van der Waals surface area (Å²) in [4.78, 5) is 10.4. The predicted octanol–water partition coefficient (Wildman–Crippen LogP) is 7.41. The monoisotopic (exact) mass is 460 g/mol. The molecular formula is C23H16F8O. The minimum atomic E-state index is -1.82. The van der Waals surface area contributed by atoms with Crippen LogP contribution in [0.1, 0.15) is 34.8 Å². The fraction of sp³-hybridized carbons (Fsp3) is 0.174. The molecule has 0 heterocycles. The Kier molecular flexibility index (Phi) is 8.51. The summed E-state index contributed by atoms with van der Waals surface area (Å²) in [5.41, 5.74) is -1.42. The van der Waals surface area contributed by atoms with Crippen LogP contribution < -0.4 is 0 Å². The van der Waals surface area contributed by atoms with Crippen molar-refractivity contribution >= 4 is 6.04 Å². The van der Waals surface area contributed by atoms with Gasteiger partial charge < -0.3 is 0 Å². The summed E-state index contributed by atoms with van der Waals surface area (Å²) >= 11 is 0. The highest BCUT2D eigenvalue weighted by Crippen LogP contribution is 2.28. The summed E-state index contributed by atoms with van der Waals surface area (Å²) < 4.78 is 103. The number of halogens is 8. The lowest BCUT2D eigenvalue weighted by atomic mass is 10.0. The second kappa shape index (κ2) is 10.9. The van der Waals surface area contributed by atoms with Crippen molar-refractivity contribution in [2.24, 2.45) is 0 Å². The van der Waals surface area contributed by atoms with Crippen LogP contribution in [0.2, 0.25) is 0 Å². The first-order valence-corrected chi connectivity index (χ1v) is 9.26. The van der Waals surface area contributed by atoms with Crippen LogP contribution in [-0.2, 0) is 13.1 Å².